The minimum absolute atomic E-state index is 0.0546. The zero-order chi connectivity index (χ0) is 14.8. The van der Waals surface area contributed by atoms with Crippen molar-refractivity contribution < 1.29 is 4.79 Å². The van der Waals surface area contributed by atoms with E-state index in [1.807, 2.05) is 57.9 Å². The van der Waals surface area contributed by atoms with Gasteiger partial charge >= 0.3 is 0 Å². The summed E-state index contributed by atoms with van der Waals surface area (Å²) in [4.78, 5) is 16.9. The van der Waals surface area contributed by atoms with E-state index in [0.717, 1.165) is 10.6 Å². The van der Waals surface area contributed by atoms with Crippen LogP contribution in [0.1, 0.15) is 38.2 Å². The molecule has 1 rings (SSSR count). The third-order valence-electron chi connectivity index (χ3n) is 2.55. The zero-order valence-electron chi connectivity index (χ0n) is 12.6. The molecule has 1 heterocycles. The standard InChI is InChI=1S/C14H18N2O.C2H6/c1-5-8-16(4)10-14(17)13-9-11(6-2)12(7-3)15-13;1-2/h1,6-7,9,15H,8,10H2,2-4H3;1-2H3/b11-6-,12-7+;. The summed E-state index contributed by atoms with van der Waals surface area (Å²) in [5, 5.41) is 2.03. The molecule has 0 bridgehead atoms. The van der Waals surface area contributed by atoms with Crippen molar-refractivity contribution in [1.82, 2.24) is 9.88 Å². The van der Waals surface area contributed by atoms with Crippen LogP contribution in [0.15, 0.2) is 6.07 Å². The van der Waals surface area contributed by atoms with Gasteiger partial charge in [0.2, 0.25) is 0 Å². The molecule has 0 aliphatic heterocycles. The fraction of sp³-hybridized carbons (Fsp3) is 0.438. The lowest BCUT2D eigenvalue weighted by molar-refractivity contribution is 0.0948. The largest absolute Gasteiger partial charge is 0.352 e. The highest BCUT2D eigenvalue weighted by Crippen LogP contribution is 1.93. The molecule has 0 amide bonds. The number of carbonyl (C=O) groups excluding carboxylic acids is 1. The number of aromatic nitrogens is 1. The fourth-order valence-electron chi connectivity index (χ4n) is 1.66. The number of aromatic amines is 1. The van der Waals surface area contributed by atoms with Crippen LogP contribution in [0.5, 0.6) is 0 Å². The summed E-state index contributed by atoms with van der Waals surface area (Å²) in [6.07, 6.45) is 9.13. The van der Waals surface area contributed by atoms with Crippen molar-refractivity contribution in [3.05, 3.63) is 22.3 Å². The smallest absolute Gasteiger partial charge is 0.192 e. The number of nitrogens with one attached hydrogen (secondary N) is 1. The first-order valence-corrected chi connectivity index (χ1v) is 6.59. The van der Waals surface area contributed by atoms with E-state index in [1.54, 1.807) is 0 Å². The highest BCUT2D eigenvalue weighted by atomic mass is 16.1. The number of Topliss-reactive ketones (excluding diaryl/α,β-unsaturated/α-hetero) is 1. The Morgan fingerprint density at radius 1 is 1.42 bits per heavy atom. The van der Waals surface area contributed by atoms with Gasteiger partial charge in [-0.1, -0.05) is 31.9 Å². The summed E-state index contributed by atoms with van der Waals surface area (Å²) in [5.41, 5.74) is 0.634. The van der Waals surface area contributed by atoms with Gasteiger partial charge in [-0.3, -0.25) is 9.69 Å². The Kier molecular flexibility index (Phi) is 8.32. The number of likely N-dealkylation sites (N-methyl/N-ethyl adjacent to an activating group) is 1. The summed E-state index contributed by atoms with van der Waals surface area (Å²) >= 11 is 0. The van der Waals surface area contributed by atoms with Gasteiger partial charge in [0.1, 0.15) is 0 Å². The molecule has 0 saturated heterocycles. The molecule has 0 saturated carbocycles. The second-order valence-electron chi connectivity index (χ2n) is 3.93. The molecule has 0 aliphatic rings. The van der Waals surface area contributed by atoms with E-state index >= 15 is 0 Å². The number of hydrogen-bond acceptors (Lipinski definition) is 2. The summed E-state index contributed by atoms with van der Waals surface area (Å²) < 4.78 is 0. The van der Waals surface area contributed by atoms with E-state index in [-0.39, 0.29) is 5.78 Å². The summed E-state index contributed by atoms with van der Waals surface area (Å²) in [7, 11) is 1.83. The van der Waals surface area contributed by atoms with Gasteiger partial charge in [-0.25, -0.2) is 0 Å². The number of hydrogen-bond donors (Lipinski definition) is 1. The van der Waals surface area contributed by atoms with Crippen molar-refractivity contribution in [1.29, 1.82) is 0 Å². The monoisotopic (exact) mass is 260 g/mol. The van der Waals surface area contributed by atoms with Crippen LogP contribution < -0.4 is 10.6 Å². The predicted octanol–water partition coefficient (Wildman–Crippen LogP) is 1.39. The molecule has 19 heavy (non-hydrogen) atoms. The maximum absolute atomic E-state index is 12.0. The quantitative estimate of drug-likeness (QED) is 0.656. The van der Waals surface area contributed by atoms with E-state index in [4.69, 9.17) is 6.42 Å². The summed E-state index contributed by atoms with van der Waals surface area (Å²) in [6, 6.07) is 1.88. The Morgan fingerprint density at radius 2 is 2.05 bits per heavy atom. The molecule has 0 atom stereocenters. The van der Waals surface area contributed by atoms with Gasteiger partial charge in [0.15, 0.2) is 5.78 Å². The van der Waals surface area contributed by atoms with E-state index in [0.29, 0.717) is 18.8 Å². The highest BCUT2D eigenvalue weighted by molar-refractivity contribution is 5.96. The molecule has 0 radical (unpaired) electrons. The van der Waals surface area contributed by atoms with Crippen molar-refractivity contribution in [2.24, 2.45) is 0 Å². The first-order valence-electron chi connectivity index (χ1n) is 6.59. The summed E-state index contributed by atoms with van der Waals surface area (Å²) in [6.45, 7) is 8.70. The molecule has 0 spiro atoms. The second-order valence-corrected chi connectivity index (χ2v) is 3.93. The molecule has 1 N–H and O–H groups in total. The first-order chi connectivity index (χ1) is 9.12. The van der Waals surface area contributed by atoms with Crippen LogP contribution in [0.2, 0.25) is 0 Å². The molecular formula is C16H24N2O. The number of nitrogens with zero attached hydrogens (tertiary/aromatic N) is 1. The van der Waals surface area contributed by atoms with Crippen molar-refractivity contribution in [2.75, 3.05) is 20.1 Å². The lowest BCUT2D eigenvalue weighted by atomic mass is 10.2. The van der Waals surface area contributed by atoms with Gasteiger partial charge in [-0.15, -0.1) is 6.42 Å². The predicted molar refractivity (Wildman–Crippen MR) is 82.3 cm³/mol. The van der Waals surface area contributed by atoms with Gasteiger partial charge < -0.3 is 4.98 Å². The molecule has 0 aliphatic carbocycles. The number of H-pyrrole nitrogens is 1. The molecule has 0 aromatic carbocycles. The number of rotatable bonds is 4. The van der Waals surface area contributed by atoms with Crippen LogP contribution in [0.25, 0.3) is 12.2 Å². The Balaban J connectivity index is 0.00000154. The minimum Gasteiger partial charge on any atom is -0.352 e. The van der Waals surface area contributed by atoms with Gasteiger partial charge in [0.25, 0.3) is 0 Å². The molecule has 0 unspecified atom stereocenters. The normalized spacial score (nSPS) is 12.1. The zero-order valence-corrected chi connectivity index (χ0v) is 12.6. The van der Waals surface area contributed by atoms with Crippen LogP contribution >= 0.6 is 0 Å². The van der Waals surface area contributed by atoms with Gasteiger partial charge in [-0.2, -0.15) is 0 Å². The molecule has 3 heteroatoms. The topological polar surface area (TPSA) is 36.1 Å². The molecule has 0 fully saturated rings. The third-order valence-corrected chi connectivity index (χ3v) is 2.55. The third kappa shape index (κ3) is 5.15. The first kappa shape index (κ1) is 17.2. The van der Waals surface area contributed by atoms with Crippen LogP contribution in [-0.2, 0) is 0 Å². The lowest BCUT2D eigenvalue weighted by Crippen LogP contribution is -2.26. The summed E-state index contributed by atoms with van der Waals surface area (Å²) in [5.74, 6) is 2.57. The van der Waals surface area contributed by atoms with Gasteiger partial charge in [-0.05, 0) is 32.2 Å². The Hall–Kier alpha value is -1.79. The van der Waals surface area contributed by atoms with Crippen molar-refractivity contribution in [3.8, 4) is 12.3 Å². The van der Waals surface area contributed by atoms with Gasteiger partial charge in [0, 0.05) is 5.35 Å². The van der Waals surface area contributed by atoms with Gasteiger partial charge in [0.05, 0.1) is 18.8 Å². The average Bonchev–Trinajstić information content (AvgIpc) is 2.84. The minimum atomic E-state index is 0.0546. The van der Waals surface area contributed by atoms with Crippen LogP contribution in [-0.4, -0.2) is 35.8 Å². The SMILES string of the molecule is C#CCN(C)CC(=O)c1cc(=C/C)/c(=C\C)[nH]1.CC. The highest BCUT2D eigenvalue weighted by Gasteiger charge is 2.10. The molecular weight excluding hydrogens is 236 g/mol. The number of carbonyl (C=O) groups is 1. The van der Waals surface area contributed by atoms with E-state index in [9.17, 15) is 4.79 Å². The Morgan fingerprint density at radius 3 is 2.47 bits per heavy atom. The Bertz CT molecular complexity index is 515. The van der Waals surface area contributed by atoms with E-state index in [2.05, 4.69) is 10.9 Å². The molecule has 104 valence electrons. The number of terminal acetylenes is 1. The molecule has 3 nitrogen and oxygen atoms in total. The molecule has 1 aromatic heterocycles. The number of ketones is 1. The molecule has 1 aromatic rings. The lowest BCUT2D eigenvalue weighted by Gasteiger charge is -2.10. The fourth-order valence-corrected chi connectivity index (χ4v) is 1.66. The Labute approximate surface area is 116 Å². The van der Waals surface area contributed by atoms with Crippen molar-refractivity contribution in [2.45, 2.75) is 27.7 Å². The van der Waals surface area contributed by atoms with Crippen LogP contribution in [0.3, 0.4) is 0 Å². The van der Waals surface area contributed by atoms with Crippen molar-refractivity contribution >= 4 is 17.9 Å². The maximum Gasteiger partial charge on any atom is 0.192 e. The van der Waals surface area contributed by atoms with Crippen LogP contribution in [0.4, 0.5) is 0 Å². The van der Waals surface area contributed by atoms with Crippen LogP contribution in [0, 0.1) is 12.3 Å². The second kappa shape index (κ2) is 9.18. The maximum atomic E-state index is 12.0. The average molecular weight is 260 g/mol. The van der Waals surface area contributed by atoms with E-state index < -0.39 is 0 Å². The van der Waals surface area contributed by atoms with Crippen molar-refractivity contribution in [3.63, 3.8) is 0 Å². The van der Waals surface area contributed by atoms with E-state index in [1.165, 1.54) is 0 Å².